The minimum absolute atomic E-state index is 0.160. The van der Waals surface area contributed by atoms with E-state index in [9.17, 15) is 4.79 Å². The van der Waals surface area contributed by atoms with Gasteiger partial charge in [0.05, 0.1) is 12.1 Å². The van der Waals surface area contributed by atoms with Crippen molar-refractivity contribution in [3.63, 3.8) is 0 Å². The maximum absolute atomic E-state index is 10.9. The fourth-order valence-corrected chi connectivity index (χ4v) is 2.51. The van der Waals surface area contributed by atoms with Gasteiger partial charge in [0.25, 0.3) is 0 Å². The van der Waals surface area contributed by atoms with Gasteiger partial charge in [-0.1, -0.05) is 0 Å². The van der Waals surface area contributed by atoms with E-state index in [1.54, 1.807) is 0 Å². The Labute approximate surface area is 107 Å². The second-order valence-corrected chi connectivity index (χ2v) is 4.95. The van der Waals surface area contributed by atoms with Gasteiger partial charge in [0.1, 0.15) is 0 Å². The Hall–Kier alpha value is -1.36. The van der Waals surface area contributed by atoms with Gasteiger partial charge < -0.3 is 5.11 Å². The lowest BCUT2D eigenvalue weighted by Gasteiger charge is -2.34. The van der Waals surface area contributed by atoms with Crippen LogP contribution in [0.4, 0.5) is 0 Å². The Kier molecular flexibility index (Phi) is 4.01. The molecule has 1 atom stereocenters. The highest BCUT2D eigenvalue weighted by Gasteiger charge is 2.27. The second-order valence-electron chi connectivity index (χ2n) is 4.95. The van der Waals surface area contributed by atoms with Crippen molar-refractivity contribution in [3.8, 4) is 0 Å². The highest BCUT2D eigenvalue weighted by Crippen LogP contribution is 2.26. The molecule has 2 heterocycles. The zero-order valence-electron chi connectivity index (χ0n) is 11.0. The summed E-state index contributed by atoms with van der Waals surface area (Å²) >= 11 is 0. The number of carbonyl (C=O) groups is 1. The Bertz CT molecular complexity index is 408. The summed E-state index contributed by atoms with van der Waals surface area (Å²) < 4.78 is 1.93. The third-order valence-electron chi connectivity index (χ3n) is 3.89. The number of hydrogen-bond acceptors (Lipinski definition) is 3. The van der Waals surface area contributed by atoms with Crippen molar-refractivity contribution in [1.82, 2.24) is 14.7 Å². The summed E-state index contributed by atoms with van der Waals surface area (Å²) in [5.74, 6) is -0.812. The van der Waals surface area contributed by atoms with E-state index >= 15 is 0 Å². The molecule has 1 N–H and O–H groups in total. The fourth-order valence-electron chi connectivity index (χ4n) is 2.51. The minimum atomic E-state index is -0.652. The molecule has 5 nitrogen and oxygen atoms in total. The molecule has 0 bridgehead atoms. The zero-order valence-corrected chi connectivity index (χ0v) is 11.0. The first kappa shape index (κ1) is 13.1. The normalized spacial score (nSPS) is 19.9. The minimum Gasteiger partial charge on any atom is -0.481 e. The van der Waals surface area contributed by atoms with Gasteiger partial charge in [0, 0.05) is 24.3 Å². The predicted octanol–water partition coefficient (Wildman–Crippen LogP) is 1.76. The van der Waals surface area contributed by atoms with Gasteiger partial charge in [-0.3, -0.25) is 14.4 Å². The maximum atomic E-state index is 10.9. The highest BCUT2D eigenvalue weighted by atomic mass is 16.4. The van der Waals surface area contributed by atoms with Crippen molar-refractivity contribution < 1.29 is 9.90 Å². The number of carboxylic acid groups (broad SMARTS) is 1. The average molecular weight is 251 g/mol. The number of rotatable bonds is 4. The van der Waals surface area contributed by atoms with Gasteiger partial charge in [-0.05, 0) is 39.8 Å². The SMILES string of the molecule is CCn1cc(C(C)N2CCC(C(=O)O)CC2)cn1. The van der Waals surface area contributed by atoms with Crippen LogP contribution in [-0.4, -0.2) is 38.8 Å². The first-order valence-electron chi connectivity index (χ1n) is 6.61. The van der Waals surface area contributed by atoms with E-state index in [0.717, 1.165) is 32.5 Å². The van der Waals surface area contributed by atoms with Crippen molar-refractivity contribution in [2.75, 3.05) is 13.1 Å². The van der Waals surface area contributed by atoms with Gasteiger partial charge in [-0.15, -0.1) is 0 Å². The van der Waals surface area contributed by atoms with Crippen LogP contribution in [0.2, 0.25) is 0 Å². The van der Waals surface area contributed by atoms with Gasteiger partial charge in [0.15, 0.2) is 0 Å². The smallest absolute Gasteiger partial charge is 0.306 e. The topological polar surface area (TPSA) is 58.4 Å². The molecule has 1 saturated heterocycles. The van der Waals surface area contributed by atoms with Crippen LogP contribution in [0, 0.1) is 5.92 Å². The lowest BCUT2D eigenvalue weighted by Crippen LogP contribution is -2.37. The molecule has 1 aromatic heterocycles. The van der Waals surface area contributed by atoms with Gasteiger partial charge in [-0.25, -0.2) is 0 Å². The molecule has 5 heteroatoms. The number of likely N-dealkylation sites (tertiary alicyclic amines) is 1. The quantitative estimate of drug-likeness (QED) is 0.886. The fraction of sp³-hybridized carbons (Fsp3) is 0.692. The van der Waals surface area contributed by atoms with Crippen molar-refractivity contribution in [2.24, 2.45) is 5.92 Å². The van der Waals surface area contributed by atoms with Gasteiger partial charge in [-0.2, -0.15) is 5.10 Å². The zero-order chi connectivity index (χ0) is 13.1. The molecular weight excluding hydrogens is 230 g/mol. The van der Waals surface area contributed by atoms with Crippen molar-refractivity contribution in [3.05, 3.63) is 18.0 Å². The molecule has 100 valence electrons. The first-order valence-corrected chi connectivity index (χ1v) is 6.61. The summed E-state index contributed by atoms with van der Waals surface area (Å²) in [7, 11) is 0. The van der Waals surface area contributed by atoms with Gasteiger partial charge >= 0.3 is 5.97 Å². The van der Waals surface area contributed by atoms with E-state index < -0.39 is 5.97 Å². The van der Waals surface area contributed by atoms with Crippen LogP contribution in [0.15, 0.2) is 12.4 Å². The van der Waals surface area contributed by atoms with E-state index in [0.29, 0.717) is 6.04 Å². The number of aromatic nitrogens is 2. The van der Waals surface area contributed by atoms with Crippen LogP contribution in [0.25, 0.3) is 0 Å². The van der Waals surface area contributed by atoms with E-state index in [2.05, 4.69) is 30.0 Å². The number of piperidine rings is 1. The molecule has 1 aliphatic rings. The van der Waals surface area contributed by atoms with Crippen LogP contribution in [-0.2, 0) is 11.3 Å². The summed E-state index contributed by atoms with van der Waals surface area (Å²) in [5.41, 5.74) is 1.21. The van der Waals surface area contributed by atoms with Crippen molar-refractivity contribution in [2.45, 2.75) is 39.3 Å². The highest BCUT2D eigenvalue weighted by molar-refractivity contribution is 5.70. The molecule has 1 unspecified atom stereocenters. The third kappa shape index (κ3) is 2.72. The standard InChI is InChI=1S/C13H21N3O2/c1-3-16-9-12(8-14-16)10(2)15-6-4-11(5-7-15)13(17)18/h8-11H,3-7H2,1-2H3,(H,17,18). The molecule has 18 heavy (non-hydrogen) atoms. The van der Waals surface area contributed by atoms with Crippen molar-refractivity contribution in [1.29, 1.82) is 0 Å². The first-order chi connectivity index (χ1) is 8.61. The molecule has 0 radical (unpaired) electrons. The van der Waals surface area contributed by atoms with Crippen LogP contribution in [0.3, 0.4) is 0 Å². The molecule has 0 aliphatic carbocycles. The second kappa shape index (κ2) is 5.52. The Morgan fingerprint density at radius 2 is 2.22 bits per heavy atom. The number of nitrogens with zero attached hydrogens (tertiary/aromatic N) is 3. The van der Waals surface area contributed by atoms with Crippen molar-refractivity contribution >= 4 is 5.97 Å². The number of hydrogen-bond donors (Lipinski definition) is 1. The summed E-state index contributed by atoms with van der Waals surface area (Å²) in [6.45, 7) is 6.83. The van der Waals surface area contributed by atoms with Crippen LogP contribution < -0.4 is 0 Å². The number of carboxylic acids is 1. The molecule has 1 aliphatic heterocycles. The molecule has 2 rings (SSSR count). The molecule has 0 saturated carbocycles. The summed E-state index contributed by atoms with van der Waals surface area (Å²) in [4.78, 5) is 13.3. The lowest BCUT2D eigenvalue weighted by atomic mass is 9.95. The summed E-state index contributed by atoms with van der Waals surface area (Å²) in [5, 5.41) is 13.3. The molecule has 0 amide bonds. The summed E-state index contributed by atoms with van der Waals surface area (Å²) in [6, 6.07) is 0.319. The van der Waals surface area contributed by atoms with Crippen LogP contribution in [0.5, 0.6) is 0 Å². The Morgan fingerprint density at radius 3 is 2.72 bits per heavy atom. The predicted molar refractivity (Wildman–Crippen MR) is 68.2 cm³/mol. The molecular formula is C13H21N3O2. The molecule has 0 aromatic carbocycles. The number of aliphatic carboxylic acids is 1. The third-order valence-corrected chi connectivity index (χ3v) is 3.89. The van der Waals surface area contributed by atoms with E-state index in [1.807, 2.05) is 10.9 Å². The lowest BCUT2D eigenvalue weighted by molar-refractivity contribution is -0.143. The van der Waals surface area contributed by atoms with Gasteiger partial charge in [0.2, 0.25) is 0 Å². The summed E-state index contributed by atoms with van der Waals surface area (Å²) in [6.07, 6.45) is 5.49. The van der Waals surface area contributed by atoms with E-state index in [-0.39, 0.29) is 5.92 Å². The molecule has 0 spiro atoms. The monoisotopic (exact) mass is 251 g/mol. The Balaban J connectivity index is 1.94. The maximum Gasteiger partial charge on any atom is 0.306 e. The van der Waals surface area contributed by atoms with Crippen LogP contribution in [0.1, 0.15) is 38.3 Å². The van der Waals surface area contributed by atoms with E-state index in [4.69, 9.17) is 5.11 Å². The average Bonchev–Trinajstić information content (AvgIpc) is 2.86. The van der Waals surface area contributed by atoms with E-state index in [1.165, 1.54) is 5.56 Å². The van der Waals surface area contributed by atoms with Crippen LogP contribution >= 0.6 is 0 Å². The Morgan fingerprint density at radius 1 is 1.56 bits per heavy atom. The largest absolute Gasteiger partial charge is 0.481 e. The number of aryl methyl sites for hydroxylation is 1. The molecule has 1 aromatic rings. The molecule has 1 fully saturated rings.